The molecule has 27 heavy (non-hydrogen) atoms. The summed E-state index contributed by atoms with van der Waals surface area (Å²) < 4.78 is 10.8. The second-order valence-electron chi connectivity index (χ2n) is 7.02. The smallest absolute Gasteiger partial charge is 0.161 e. The number of nitrogens with one attached hydrogen (secondary N) is 2. The van der Waals surface area contributed by atoms with Crippen molar-refractivity contribution in [1.29, 1.82) is 0 Å². The van der Waals surface area contributed by atoms with Crippen LogP contribution in [0.15, 0.2) is 48.5 Å². The number of likely N-dealkylation sites (N-methyl/N-ethyl adjacent to an activating group) is 1. The first-order valence-electron chi connectivity index (χ1n) is 9.66. The molecule has 0 radical (unpaired) electrons. The Hall–Kier alpha value is -2.24. The molecule has 0 saturated carbocycles. The highest BCUT2D eigenvalue weighted by Crippen LogP contribution is 2.38. The summed E-state index contributed by atoms with van der Waals surface area (Å²) in [5.41, 5.74) is 2.47. The van der Waals surface area contributed by atoms with E-state index in [1.165, 1.54) is 24.1 Å². The Morgan fingerprint density at radius 1 is 0.963 bits per heavy atom. The summed E-state index contributed by atoms with van der Waals surface area (Å²) in [6.45, 7) is 2.90. The van der Waals surface area contributed by atoms with Crippen LogP contribution in [0.1, 0.15) is 24.4 Å². The normalized spacial score (nSPS) is 19.8. The second-order valence-corrected chi connectivity index (χ2v) is 7.02. The molecule has 1 aliphatic rings. The summed E-state index contributed by atoms with van der Waals surface area (Å²) >= 11 is 0. The molecule has 3 rings (SSSR count). The number of rotatable bonds is 9. The number of benzene rings is 2. The average molecular weight is 370 g/mol. The van der Waals surface area contributed by atoms with Crippen LogP contribution in [0.2, 0.25) is 0 Å². The molecule has 2 N–H and O–H groups in total. The standard InChI is InChI=1S/C22H31N3O2/c1-25-19(16-23-13-14-24-18-7-5-4-6-8-18)10-11-20(25)17-9-12-21(26-2)22(15-17)27-3/h4-9,12,15,19-20,23-24H,10-11,13-14,16H2,1-3H3. The van der Waals surface area contributed by atoms with E-state index < -0.39 is 0 Å². The van der Waals surface area contributed by atoms with Crippen LogP contribution in [-0.4, -0.2) is 51.8 Å². The molecule has 1 aliphatic heterocycles. The summed E-state index contributed by atoms with van der Waals surface area (Å²) in [4.78, 5) is 2.48. The van der Waals surface area contributed by atoms with E-state index in [1.54, 1.807) is 14.2 Å². The van der Waals surface area contributed by atoms with Gasteiger partial charge in [0.1, 0.15) is 0 Å². The first kappa shape index (κ1) is 19.5. The molecule has 5 heteroatoms. The van der Waals surface area contributed by atoms with E-state index in [4.69, 9.17) is 9.47 Å². The third-order valence-electron chi connectivity index (χ3n) is 5.42. The van der Waals surface area contributed by atoms with Crippen LogP contribution in [0, 0.1) is 0 Å². The third kappa shape index (κ3) is 4.93. The molecular weight excluding hydrogens is 338 g/mol. The number of hydrogen-bond acceptors (Lipinski definition) is 5. The van der Waals surface area contributed by atoms with Crippen LogP contribution in [0.25, 0.3) is 0 Å². The SMILES string of the molecule is COc1ccc(C2CCC(CNCCNc3ccccc3)N2C)cc1OC. The van der Waals surface area contributed by atoms with E-state index in [9.17, 15) is 0 Å². The number of likely N-dealkylation sites (tertiary alicyclic amines) is 1. The van der Waals surface area contributed by atoms with Gasteiger partial charge < -0.3 is 20.1 Å². The zero-order chi connectivity index (χ0) is 19.1. The summed E-state index contributed by atoms with van der Waals surface area (Å²) in [7, 11) is 5.59. The molecule has 1 saturated heterocycles. The highest BCUT2D eigenvalue weighted by Gasteiger charge is 2.31. The Bertz CT molecular complexity index is 708. The minimum atomic E-state index is 0.430. The van der Waals surface area contributed by atoms with Crippen molar-refractivity contribution in [2.45, 2.75) is 24.9 Å². The summed E-state index contributed by atoms with van der Waals surface area (Å²) in [5, 5.41) is 7.03. The van der Waals surface area contributed by atoms with Gasteiger partial charge in [-0.05, 0) is 49.7 Å². The van der Waals surface area contributed by atoms with Crippen molar-refractivity contribution in [3.05, 3.63) is 54.1 Å². The van der Waals surface area contributed by atoms with Gasteiger partial charge in [-0.2, -0.15) is 0 Å². The van der Waals surface area contributed by atoms with Crippen LogP contribution < -0.4 is 20.1 Å². The van der Waals surface area contributed by atoms with E-state index >= 15 is 0 Å². The molecule has 5 nitrogen and oxygen atoms in total. The Kier molecular flexibility index (Phi) is 6.96. The first-order chi connectivity index (χ1) is 13.2. The van der Waals surface area contributed by atoms with E-state index in [2.05, 4.69) is 59.0 Å². The highest BCUT2D eigenvalue weighted by molar-refractivity contribution is 5.44. The van der Waals surface area contributed by atoms with E-state index in [-0.39, 0.29) is 0 Å². The maximum absolute atomic E-state index is 5.46. The number of nitrogens with zero attached hydrogens (tertiary/aromatic N) is 1. The van der Waals surface area contributed by atoms with Crippen molar-refractivity contribution in [2.75, 3.05) is 46.2 Å². The van der Waals surface area contributed by atoms with Crippen LogP contribution in [-0.2, 0) is 0 Å². The minimum absolute atomic E-state index is 0.430. The molecule has 0 amide bonds. The molecule has 2 unspecified atom stereocenters. The molecule has 2 aromatic carbocycles. The predicted molar refractivity (Wildman–Crippen MR) is 111 cm³/mol. The summed E-state index contributed by atoms with van der Waals surface area (Å²) in [5.74, 6) is 1.59. The lowest BCUT2D eigenvalue weighted by molar-refractivity contribution is 0.238. The Labute approximate surface area is 162 Å². The average Bonchev–Trinajstić information content (AvgIpc) is 3.08. The number of methoxy groups -OCH3 is 2. The van der Waals surface area contributed by atoms with Gasteiger partial charge in [-0.1, -0.05) is 24.3 Å². The molecule has 2 atom stereocenters. The molecule has 1 fully saturated rings. The van der Waals surface area contributed by atoms with Crippen LogP contribution in [0.3, 0.4) is 0 Å². The van der Waals surface area contributed by atoms with Crippen LogP contribution in [0.5, 0.6) is 11.5 Å². The largest absolute Gasteiger partial charge is 0.493 e. The van der Waals surface area contributed by atoms with E-state index in [0.29, 0.717) is 12.1 Å². The molecule has 0 bridgehead atoms. The molecule has 0 spiro atoms. The number of anilines is 1. The lowest BCUT2D eigenvalue weighted by atomic mass is 10.0. The van der Waals surface area contributed by atoms with Crippen LogP contribution in [0.4, 0.5) is 5.69 Å². The fourth-order valence-corrected chi connectivity index (χ4v) is 3.84. The zero-order valence-corrected chi connectivity index (χ0v) is 16.6. The van der Waals surface area contributed by atoms with Gasteiger partial charge >= 0.3 is 0 Å². The topological polar surface area (TPSA) is 45.8 Å². The van der Waals surface area contributed by atoms with Gasteiger partial charge in [0.05, 0.1) is 14.2 Å². The molecule has 0 aromatic heterocycles. The molecular formula is C22H31N3O2. The van der Waals surface area contributed by atoms with Gasteiger partial charge in [0.15, 0.2) is 11.5 Å². The van der Waals surface area contributed by atoms with Gasteiger partial charge in [-0.3, -0.25) is 4.90 Å². The quantitative estimate of drug-likeness (QED) is 0.662. The second kappa shape index (κ2) is 9.62. The highest BCUT2D eigenvalue weighted by atomic mass is 16.5. The van der Waals surface area contributed by atoms with Crippen molar-refractivity contribution in [2.24, 2.45) is 0 Å². The monoisotopic (exact) mass is 369 g/mol. The fraction of sp³-hybridized carbons (Fsp3) is 0.455. The van der Waals surface area contributed by atoms with E-state index in [0.717, 1.165) is 31.1 Å². The maximum atomic E-state index is 5.46. The number of hydrogen-bond donors (Lipinski definition) is 2. The number of para-hydroxylation sites is 1. The Balaban J connectivity index is 1.46. The van der Waals surface area contributed by atoms with Crippen LogP contribution >= 0.6 is 0 Å². The molecule has 1 heterocycles. The third-order valence-corrected chi connectivity index (χ3v) is 5.42. The van der Waals surface area contributed by atoms with Crippen molar-refractivity contribution in [1.82, 2.24) is 10.2 Å². The molecule has 146 valence electrons. The van der Waals surface area contributed by atoms with Gasteiger partial charge in [-0.15, -0.1) is 0 Å². The van der Waals surface area contributed by atoms with Crippen molar-refractivity contribution < 1.29 is 9.47 Å². The van der Waals surface area contributed by atoms with Crippen molar-refractivity contribution >= 4 is 5.69 Å². The van der Waals surface area contributed by atoms with Crippen molar-refractivity contribution in [3.8, 4) is 11.5 Å². The minimum Gasteiger partial charge on any atom is -0.493 e. The first-order valence-corrected chi connectivity index (χ1v) is 9.66. The number of ether oxygens (including phenoxy) is 2. The predicted octanol–water partition coefficient (Wildman–Crippen LogP) is 3.54. The Morgan fingerprint density at radius 3 is 2.48 bits per heavy atom. The summed E-state index contributed by atoms with van der Waals surface area (Å²) in [6.07, 6.45) is 2.37. The van der Waals surface area contributed by atoms with Gasteiger partial charge in [0, 0.05) is 37.4 Å². The van der Waals surface area contributed by atoms with E-state index in [1.807, 2.05) is 12.1 Å². The van der Waals surface area contributed by atoms with Gasteiger partial charge in [-0.25, -0.2) is 0 Å². The maximum Gasteiger partial charge on any atom is 0.161 e. The fourth-order valence-electron chi connectivity index (χ4n) is 3.84. The van der Waals surface area contributed by atoms with Gasteiger partial charge in [0.2, 0.25) is 0 Å². The Morgan fingerprint density at radius 2 is 1.74 bits per heavy atom. The summed E-state index contributed by atoms with van der Waals surface area (Å²) in [6, 6.07) is 17.6. The molecule has 2 aromatic rings. The lowest BCUT2D eigenvalue weighted by Crippen LogP contribution is -2.38. The lowest BCUT2D eigenvalue weighted by Gasteiger charge is -2.27. The molecule has 0 aliphatic carbocycles. The van der Waals surface area contributed by atoms with Gasteiger partial charge in [0.25, 0.3) is 0 Å². The van der Waals surface area contributed by atoms with Crippen molar-refractivity contribution in [3.63, 3.8) is 0 Å². The zero-order valence-electron chi connectivity index (χ0n) is 16.6.